The van der Waals surface area contributed by atoms with Crippen LogP contribution in [0.5, 0.6) is 0 Å². The molecule has 15 heteroatoms. The van der Waals surface area contributed by atoms with Gasteiger partial charge in [-0.1, -0.05) is 42.3 Å². The fourth-order valence-electron chi connectivity index (χ4n) is 4.65. The van der Waals surface area contributed by atoms with Crippen LogP contribution in [-0.4, -0.2) is 66.8 Å². The van der Waals surface area contributed by atoms with Gasteiger partial charge in [0.05, 0.1) is 23.8 Å². The van der Waals surface area contributed by atoms with Crippen LogP contribution in [0, 0.1) is 12.3 Å². The molecule has 0 spiro atoms. The third-order valence-electron chi connectivity index (χ3n) is 6.50. The molecular formula is C31H29N5O10. The number of hydrogen-bond donors (Lipinski definition) is 3. The number of nitrogens with one attached hydrogen (secondary N) is 2. The van der Waals surface area contributed by atoms with E-state index in [1.54, 1.807) is 60.7 Å². The molecule has 1 aliphatic rings. The highest BCUT2D eigenvalue weighted by Gasteiger charge is 2.42. The van der Waals surface area contributed by atoms with E-state index in [-0.39, 0.29) is 36.7 Å². The number of aromatic nitrogens is 4. The molecule has 2 aromatic heterocycles. The molecule has 1 fully saturated rings. The van der Waals surface area contributed by atoms with Crippen LogP contribution in [0.25, 0.3) is 11.2 Å². The molecule has 1 amide bonds. The summed E-state index contributed by atoms with van der Waals surface area (Å²) in [4.78, 5) is 78.7. The maximum absolute atomic E-state index is 13.4. The van der Waals surface area contributed by atoms with Crippen molar-refractivity contribution in [1.82, 2.24) is 19.1 Å². The minimum atomic E-state index is -1.22. The van der Waals surface area contributed by atoms with Crippen molar-refractivity contribution in [2.24, 2.45) is 0 Å². The Labute approximate surface area is 260 Å². The van der Waals surface area contributed by atoms with E-state index in [9.17, 15) is 28.8 Å². The quantitative estimate of drug-likeness (QED) is 0.190. The number of terminal acetylenes is 1. The number of hydrogen-bond acceptors (Lipinski definition) is 10. The Morgan fingerprint density at radius 1 is 1.07 bits per heavy atom. The van der Waals surface area contributed by atoms with Crippen LogP contribution < -0.4 is 16.6 Å². The summed E-state index contributed by atoms with van der Waals surface area (Å²) in [5.41, 5.74) is -1.09. The van der Waals surface area contributed by atoms with Crippen molar-refractivity contribution in [3.8, 4) is 12.3 Å². The fraction of sp³-hybridized carbons (Fsp3) is 0.258. The van der Waals surface area contributed by atoms with Crippen molar-refractivity contribution in [2.45, 2.75) is 45.2 Å². The highest BCUT2D eigenvalue weighted by atomic mass is 16.6. The summed E-state index contributed by atoms with van der Waals surface area (Å²) in [6, 6.07) is 16.6. The smallest absolute Gasteiger partial charge is 0.338 e. The summed E-state index contributed by atoms with van der Waals surface area (Å²) in [5, 5.41) is 10.7. The largest absolute Gasteiger partial charge is 0.478 e. The van der Waals surface area contributed by atoms with E-state index in [4.69, 9.17) is 25.7 Å². The predicted molar refractivity (Wildman–Crippen MR) is 162 cm³/mol. The molecular weight excluding hydrogens is 602 g/mol. The lowest BCUT2D eigenvalue weighted by Crippen LogP contribution is -2.33. The number of anilines is 1. The topological polar surface area (TPSA) is 201 Å². The van der Waals surface area contributed by atoms with Gasteiger partial charge in [0.15, 0.2) is 17.4 Å². The summed E-state index contributed by atoms with van der Waals surface area (Å²) in [7, 11) is 0. The number of carboxylic acids is 1. The van der Waals surface area contributed by atoms with Crippen molar-refractivity contribution < 1.29 is 38.5 Å². The number of ether oxygens (including phenoxy) is 3. The first kappa shape index (κ1) is 32.9. The second-order valence-corrected chi connectivity index (χ2v) is 9.88. The highest BCUT2D eigenvalue weighted by molar-refractivity contribution is 5.89. The van der Waals surface area contributed by atoms with Gasteiger partial charge in [-0.3, -0.25) is 29.3 Å². The number of fused-ring (bicyclic) bond motifs is 1. The van der Waals surface area contributed by atoms with Crippen molar-refractivity contribution in [1.29, 1.82) is 0 Å². The Kier molecular flexibility index (Phi) is 10.5. The number of aromatic amines is 1. The maximum atomic E-state index is 13.4. The third kappa shape index (κ3) is 7.73. The molecule has 0 saturated carbocycles. The number of carbonyl (C=O) groups excluding carboxylic acids is 3. The molecule has 0 bridgehead atoms. The van der Waals surface area contributed by atoms with E-state index < -0.39 is 53.5 Å². The van der Waals surface area contributed by atoms with Crippen LogP contribution in [0.3, 0.4) is 0 Å². The summed E-state index contributed by atoms with van der Waals surface area (Å²) in [5.74, 6) is -0.485. The summed E-state index contributed by atoms with van der Waals surface area (Å²) in [6.07, 6.45) is 2.53. The van der Waals surface area contributed by atoms with Crippen LogP contribution in [0.15, 0.2) is 70.3 Å². The van der Waals surface area contributed by atoms with E-state index in [1.165, 1.54) is 13.8 Å². The van der Waals surface area contributed by atoms with Gasteiger partial charge < -0.3 is 19.3 Å². The van der Waals surface area contributed by atoms with Gasteiger partial charge in [0.25, 0.3) is 5.56 Å². The van der Waals surface area contributed by atoms with E-state index in [0.29, 0.717) is 11.1 Å². The number of carboxylic acid groups (broad SMARTS) is 1. The summed E-state index contributed by atoms with van der Waals surface area (Å²) in [6.45, 7) is 1.97. The first-order valence-corrected chi connectivity index (χ1v) is 13.8. The normalized spacial score (nSPS) is 16.8. The number of carbonyl (C=O) groups is 4. The molecule has 4 aromatic rings. The standard InChI is InChI=1S/C24H23N5O8.C7H6O2/c1-4-10-28-18-19(26-23(25-13(2)30)27-20(18)32)29(24(28)34)21-17(36-14(3)31)11-16(37-21)12-35-22(33)15-8-6-5-7-9-15;8-7(9)6-4-2-1-3-5-6/h1,5-9,16-17,21H,10-12H2,2-3H3,(H2,25,26,27,30,32);1-5H,(H,8,9)/t16-,17-,21-;/m1./s1. The monoisotopic (exact) mass is 631 g/mol. The van der Waals surface area contributed by atoms with E-state index in [0.717, 1.165) is 9.13 Å². The molecule has 2 aromatic carbocycles. The Morgan fingerprint density at radius 2 is 1.70 bits per heavy atom. The van der Waals surface area contributed by atoms with Gasteiger partial charge in [-0.25, -0.2) is 19.0 Å². The summed E-state index contributed by atoms with van der Waals surface area (Å²) >= 11 is 0. The molecule has 15 nitrogen and oxygen atoms in total. The molecule has 0 unspecified atom stereocenters. The number of esters is 2. The van der Waals surface area contributed by atoms with Crippen LogP contribution in [0.4, 0.5) is 5.95 Å². The zero-order valence-electron chi connectivity index (χ0n) is 24.7. The van der Waals surface area contributed by atoms with Gasteiger partial charge in [0, 0.05) is 20.3 Å². The third-order valence-corrected chi connectivity index (χ3v) is 6.50. The van der Waals surface area contributed by atoms with Crippen molar-refractivity contribution in [3.63, 3.8) is 0 Å². The minimum Gasteiger partial charge on any atom is -0.478 e. The van der Waals surface area contributed by atoms with E-state index in [1.807, 2.05) is 0 Å². The van der Waals surface area contributed by atoms with Crippen molar-refractivity contribution in [2.75, 3.05) is 11.9 Å². The molecule has 1 saturated heterocycles. The Balaban J connectivity index is 0.000000459. The first-order valence-electron chi connectivity index (χ1n) is 13.8. The molecule has 238 valence electrons. The highest BCUT2D eigenvalue weighted by Crippen LogP contribution is 2.33. The number of imidazole rings is 1. The van der Waals surface area contributed by atoms with Crippen LogP contribution >= 0.6 is 0 Å². The minimum absolute atomic E-state index is 0.0856. The lowest BCUT2D eigenvalue weighted by molar-refractivity contribution is -0.152. The zero-order valence-corrected chi connectivity index (χ0v) is 24.7. The van der Waals surface area contributed by atoms with Gasteiger partial charge in [0.2, 0.25) is 11.9 Å². The Morgan fingerprint density at radius 3 is 2.24 bits per heavy atom. The fourth-order valence-corrected chi connectivity index (χ4v) is 4.65. The number of nitrogens with zero attached hydrogens (tertiary/aromatic N) is 3. The summed E-state index contributed by atoms with van der Waals surface area (Å²) < 4.78 is 18.8. The molecule has 0 aliphatic carbocycles. The lowest BCUT2D eigenvalue weighted by Gasteiger charge is -2.19. The Hall–Kier alpha value is -6.01. The first-order chi connectivity index (χ1) is 22.0. The average molecular weight is 632 g/mol. The number of benzene rings is 2. The molecule has 3 atom stereocenters. The van der Waals surface area contributed by atoms with Gasteiger partial charge in [-0.05, 0) is 24.3 Å². The van der Waals surface area contributed by atoms with Crippen molar-refractivity contribution >= 4 is 40.9 Å². The van der Waals surface area contributed by atoms with Gasteiger partial charge in [-0.15, -0.1) is 6.42 Å². The van der Waals surface area contributed by atoms with E-state index >= 15 is 0 Å². The predicted octanol–water partition coefficient (Wildman–Crippen LogP) is 1.94. The number of aromatic carboxylic acids is 1. The molecule has 46 heavy (non-hydrogen) atoms. The molecule has 3 heterocycles. The molecule has 1 aliphatic heterocycles. The van der Waals surface area contributed by atoms with E-state index in [2.05, 4.69) is 21.2 Å². The molecule has 5 rings (SSSR count). The number of amides is 1. The van der Waals surface area contributed by atoms with Crippen LogP contribution in [0.2, 0.25) is 0 Å². The van der Waals surface area contributed by atoms with Gasteiger partial charge >= 0.3 is 23.6 Å². The SMILES string of the molecule is C#CCn1c(=O)n([C@@H]2O[C@@H](COC(=O)c3ccccc3)C[C@H]2OC(C)=O)c2nc(NC(C)=O)[nH]c(=O)c21.O=C(O)c1ccccc1. The second-order valence-electron chi connectivity index (χ2n) is 9.88. The number of rotatable bonds is 8. The second kappa shape index (κ2) is 14.6. The average Bonchev–Trinajstić information content (AvgIpc) is 3.53. The zero-order chi connectivity index (χ0) is 33.4. The number of H-pyrrole nitrogens is 1. The van der Waals surface area contributed by atoms with Crippen LogP contribution in [-0.2, 0) is 30.3 Å². The van der Waals surface area contributed by atoms with Crippen LogP contribution in [0.1, 0.15) is 47.2 Å². The molecule has 3 N–H and O–H groups in total. The van der Waals surface area contributed by atoms with Gasteiger partial charge in [0.1, 0.15) is 12.7 Å². The lowest BCUT2D eigenvalue weighted by atomic mass is 10.2. The molecule has 0 radical (unpaired) electrons. The maximum Gasteiger partial charge on any atom is 0.338 e. The Bertz CT molecular complexity index is 1910. The van der Waals surface area contributed by atoms with Gasteiger partial charge in [-0.2, -0.15) is 4.98 Å². The van der Waals surface area contributed by atoms with Crippen molar-refractivity contribution in [3.05, 3.63) is 92.6 Å².